The maximum atomic E-state index is 9.96. The molecule has 0 aromatic heterocycles. The second kappa shape index (κ2) is 6.95. The van der Waals surface area contributed by atoms with Crippen molar-refractivity contribution in [2.45, 2.75) is 82.0 Å². The van der Waals surface area contributed by atoms with E-state index in [1.807, 2.05) is 0 Å². The van der Waals surface area contributed by atoms with Crippen LogP contribution in [-0.2, 0) is 4.74 Å². The normalized spacial score (nSPS) is 38.6. The van der Waals surface area contributed by atoms with Gasteiger partial charge in [-0.1, -0.05) is 0 Å². The van der Waals surface area contributed by atoms with E-state index in [-0.39, 0.29) is 5.54 Å². The topological polar surface area (TPSA) is 44.7 Å². The van der Waals surface area contributed by atoms with Crippen LogP contribution in [0.5, 0.6) is 0 Å². The summed E-state index contributed by atoms with van der Waals surface area (Å²) in [7, 11) is 0. The minimum absolute atomic E-state index is 0.0113. The molecule has 0 aromatic rings. The van der Waals surface area contributed by atoms with Gasteiger partial charge in [0.25, 0.3) is 0 Å². The van der Waals surface area contributed by atoms with E-state index in [1.54, 1.807) is 0 Å². The number of nitrogens with zero attached hydrogens (tertiary/aromatic N) is 1. The summed E-state index contributed by atoms with van der Waals surface area (Å²) in [5, 5.41) is 13.7. The minimum Gasteiger partial charge on any atom is -0.394 e. The van der Waals surface area contributed by atoms with Gasteiger partial charge in [0.1, 0.15) is 0 Å². The third-order valence-electron chi connectivity index (χ3n) is 5.54. The average Bonchev–Trinajstić information content (AvgIpc) is 3.32. The Morgan fingerprint density at radius 1 is 1.24 bits per heavy atom. The van der Waals surface area contributed by atoms with Crippen LogP contribution in [0, 0.1) is 0 Å². The van der Waals surface area contributed by atoms with Gasteiger partial charge in [0.2, 0.25) is 0 Å². The van der Waals surface area contributed by atoms with Crippen LogP contribution < -0.4 is 5.32 Å². The molecule has 0 spiro atoms. The van der Waals surface area contributed by atoms with Gasteiger partial charge in [0.05, 0.1) is 12.7 Å². The second-order valence-corrected chi connectivity index (χ2v) is 7.32. The van der Waals surface area contributed by atoms with Crippen LogP contribution in [0.1, 0.15) is 58.3 Å². The molecule has 3 atom stereocenters. The molecule has 3 unspecified atom stereocenters. The van der Waals surface area contributed by atoms with E-state index in [0.717, 1.165) is 26.0 Å². The Balaban J connectivity index is 1.58. The van der Waals surface area contributed by atoms with E-state index in [1.165, 1.54) is 45.1 Å². The summed E-state index contributed by atoms with van der Waals surface area (Å²) in [6.45, 7) is 5.51. The van der Waals surface area contributed by atoms with Gasteiger partial charge in [-0.15, -0.1) is 0 Å². The Bertz CT molecular complexity index is 333. The van der Waals surface area contributed by atoms with Crippen LogP contribution in [0.3, 0.4) is 0 Å². The van der Waals surface area contributed by atoms with E-state index in [0.29, 0.717) is 24.8 Å². The first kappa shape index (κ1) is 15.7. The number of rotatable bonds is 6. The molecular formula is C17H32N2O2. The molecule has 0 radical (unpaired) electrons. The largest absolute Gasteiger partial charge is 0.394 e. The first-order valence-electron chi connectivity index (χ1n) is 8.99. The zero-order valence-corrected chi connectivity index (χ0v) is 13.5. The van der Waals surface area contributed by atoms with Gasteiger partial charge < -0.3 is 15.2 Å². The Labute approximate surface area is 129 Å². The highest BCUT2D eigenvalue weighted by Gasteiger charge is 2.41. The molecule has 4 heteroatoms. The lowest BCUT2D eigenvalue weighted by atomic mass is 9.78. The molecule has 1 heterocycles. The molecule has 122 valence electrons. The molecule has 3 rings (SSSR count). The van der Waals surface area contributed by atoms with Gasteiger partial charge in [0.15, 0.2) is 0 Å². The van der Waals surface area contributed by atoms with Gasteiger partial charge in [-0.2, -0.15) is 0 Å². The van der Waals surface area contributed by atoms with Gasteiger partial charge in [0, 0.05) is 30.8 Å². The van der Waals surface area contributed by atoms with Crippen molar-refractivity contribution in [3.05, 3.63) is 0 Å². The van der Waals surface area contributed by atoms with Crippen LogP contribution >= 0.6 is 0 Å². The number of piperidine rings is 1. The Kier molecular flexibility index (Phi) is 5.20. The van der Waals surface area contributed by atoms with Crippen LogP contribution in [0.25, 0.3) is 0 Å². The summed E-state index contributed by atoms with van der Waals surface area (Å²) < 4.78 is 5.85. The third-order valence-corrected chi connectivity index (χ3v) is 5.54. The highest BCUT2D eigenvalue weighted by molar-refractivity contribution is 5.01. The summed E-state index contributed by atoms with van der Waals surface area (Å²) in [5.41, 5.74) is -0.0113. The van der Waals surface area contributed by atoms with E-state index in [4.69, 9.17) is 4.74 Å². The molecule has 4 nitrogen and oxygen atoms in total. The molecule has 2 aliphatic carbocycles. The summed E-state index contributed by atoms with van der Waals surface area (Å²) >= 11 is 0. The predicted octanol–water partition coefficient (Wildman–Crippen LogP) is 1.91. The first-order valence-corrected chi connectivity index (χ1v) is 8.99. The zero-order chi connectivity index (χ0) is 14.7. The van der Waals surface area contributed by atoms with Gasteiger partial charge in [-0.25, -0.2) is 0 Å². The van der Waals surface area contributed by atoms with Gasteiger partial charge in [-0.05, 0) is 64.8 Å². The average molecular weight is 296 g/mol. The molecule has 2 N–H and O–H groups in total. The zero-order valence-electron chi connectivity index (χ0n) is 13.5. The van der Waals surface area contributed by atoms with Crippen molar-refractivity contribution in [2.75, 3.05) is 26.3 Å². The highest BCUT2D eigenvalue weighted by atomic mass is 16.5. The van der Waals surface area contributed by atoms with Crippen molar-refractivity contribution in [2.24, 2.45) is 0 Å². The SMILES string of the molecule is CCOC1CCCN(C2CCCC(CO)(NC3CC3)C2)C1. The quantitative estimate of drug-likeness (QED) is 0.786. The number of aliphatic hydroxyl groups is 1. The fourth-order valence-corrected chi connectivity index (χ4v) is 4.29. The summed E-state index contributed by atoms with van der Waals surface area (Å²) in [6.07, 6.45) is 10.2. The van der Waals surface area contributed by atoms with Crippen molar-refractivity contribution < 1.29 is 9.84 Å². The number of nitrogens with one attached hydrogen (secondary N) is 1. The maximum absolute atomic E-state index is 9.96. The van der Waals surface area contributed by atoms with Gasteiger partial charge in [-0.3, -0.25) is 4.90 Å². The first-order chi connectivity index (χ1) is 10.2. The molecule has 0 aromatic carbocycles. The summed E-state index contributed by atoms with van der Waals surface area (Å²) in [5.74, 6) is 0. The lowest BCUT2D eigenvalue weighted by Crippen LogP contribution is -2.58. The smallest absolute Gasteiger partial charge is 0.0702 e. The van der Waals surface area contributed by atoms with E-state index < -0.39 is 0 Å². The highest BCUT2D eigenvalue weighted by Crippen LogP contribution is 2.35. The van der Waals surface area contributed by atoms with Crippen molar-refractivity contribution in [3.8, 4) is 0 Å². The van der Waals surface area contributed by atoms with Crippen LogP contribution in [-0.4, -0.2) is 60.0 Å². The summed E-state index contributed by atoms with van der Waals surface area (Å²) in [4.78, 5) is 2.64. The third kappa shape index (κ3) is 3.98. The lowest BCUT2D eigenvalue weighted by Gasteiger charge is -2.46. The fourth-order valence-electron chi connectivity index (χ4n) is 4.29. The molecular weight excluding hydrogens is 264 g/mol. The Morgan fingerprint density at radius 3 is 2.81 bits per heavy atom. The minimum atomic E-state index is -0.0113. The Morgan fingerprint density at radius 2 is 2.10 bits per heavy atom. The molecule has 1 aliphatic heterocycles. The van der Waals surface area contributed by atoms with Crippen LogP contribution in [0.15, 0.2) is 0 Å². The molecule has 21 heavy (non-hydrogen) atoms. The number of ether oxygens (including phenoxy) is 1. The number of aliphatic hydroxyl groups excluding tert-OH is 1. The number of hydrogen-bond acceptors (Lipinski definition) is 4. The van der Waals surface area contributed by atoms with Crippen molar-refractivity contribution in [1.82, 2.24) is 10.2 Å². The van der Waals surface area contributed by atoms with Crippen molar-refractivity contribution in [1.29, 1.82) is 0 Å². The molecule has 1 saturated heterocycles. The molecule has 2 saturated carbocycles. The molecule has 0 amide bonds. The van der Waals surface area contributed by atoms with Crippen molar-refractivity contribution >= 4 is 0 Å². The molecule has 3 fully saturated rings. The van der Waals surface area contributed by atoms with Crippen LogP contribution in [0.2, 0.25) is 0 Å². The van der Waals surface area contributed by atoms with Crippen LogP contribution in [0.4, 0.5) is 0 Å². The Hall–Kier alpha value is -0.160. The van der Waals surface area contributed by atoms with Crippen molar-refractivity contribution in [3.63, 3.8) is 0 Å². The maximum Gasteiger partial charge on any atom is 0.0702 e. The fraction of sp³-hybridized carbons (Fsp3) is 1.00. The monoisotopic (exact) mass is 296 g/mol. The van der Waals surface area contributed by atoms with Gasteiger partial charge >= 0.3 is 0 Å². The molecule has 3 aliphatic rings. The second-order valence-electron chi connectivity index (χ2n) is 7.32. The molecule has 0 bridgehead atoms. The summed E-state index contributed by atoms with van der Waals surface area (Å²) in [6, 6.07) is 1.30. The number of hydrogen-bond donors (Lipinski definition) is 2. The van der Waals surface area contributed by atoms with E-state index >= 15 is 0 Å². The standard InChI is InChI=1S/C17H32N2O2/c1-2-21-16-6-4-10-19(12-16)15-5-3-9-17(11-15,13-20)18-14-7-8-14/h14-16,18,20H,2-13H2,1H3. The van der Waals surface area contributed by atoms with E-state index in [2.05, 4.69) is 17.1 Å². The predicted molar refractivity (Wildman–Crippen MR) is 84.5 cm³/mol. The lowest BCUT2D eigenvalue weighted by molar-refractivity contribution is -0.0243. The van der Waals surface area contributed by atoms with E-state index in [9.17, 15) is 5.11 Å². The number of likely N-dealkylation sites (tertiary alicyclic amines) is 1.